The summed E-state index contributed by atoms with van der Waals surface area (Å²) in [6, 6.07) is 13.6. The van der Waals surface area contributed by atoms with Crippen LogP contribution in [0.25, 0.3) is 22.0 Å². The fourth-order valence-corrected chi connectivity index (χ4v) is 5.44. The van der Waals surface area contributed by atoms with Crippen molar-refractivity contribution in [3.05, 3.63) is 53.2 Å². The number of aryl methyl sites for hydroxylation is 1. The summed E-state index contributed by atoms with van der Waals surface area (Å²) < 4.78 is 2.42. The molecule has 0 radical (unpaired) electrons. The van der Waals surface area contributed by atoms with Crippen molar-refractivity contribution in [2.24, 2.45) is 5.41 Å². The van der Waals surface area contributed by atoms with E-state index in [0.717, 1.165) is 55.2 Å². The first-order valence-corrected chi connectivity index (χ1v) is 11.5. The van der Waals surface area contributed by atoms with E-state index in [1.165, 1.54) is 27.9 Å². The lowest BCUT2D eigenvalue weighted by molar-refractivity contribution is 0.111. The first-order valence-electron chi connectivity index (χ1n) is 11.5. The number of nitrogens with one attached hydrogen (secondary N) is 1. The minimum absolute atomic E-state index is 0.168. The van der Waals surface area contributed by atoms with Crippen molar-refractivity contribution in [1.82, 2.24) is 4.57 Å². The summed E-state index contributed by atoms with van der Waals surface area (Å²) in [7, 11) is 0. The number of fused-ring (bicyclic) bond motifs is 2. The second-order valence-corrected chi connectivity index (χ2v) is 10.2. The van der Waals surface area contributed by atoms with Gasteiger partial charge < -0.3 is 15.0 Å². The molecule has 1 aromatic heterocycles. The standard InChI is InChI=1S/C27H31N3O/c1-17-11-26-22(12-18(17)14-28)24(15-30(26)19-7-9-20(31)10-8-19)21-5-4-6-25-23(21)13-27(2,3)16-29-25/h4-6,11-12,15,19-20,29,31H,7-10,13,16H2,1-3H3/t19-,20-. The van der Waals surface area contributed by atoms with Crippen LogP contribution in [0.5, 0.6) is 0 Å². The van der Waals surface area contributed by atoms with Gasteiger partial charge in [0, 0.05) is 40.9 Å². The molecule has 2 aromatic carbocycles. The maximum atomic E-state index is 10.0. The van der Waals surface area contributed by atoms with Crippen LogP contribution in [0.3, 0.4) is 0 Å². The van der Waals surface area contributed by atoms with Gasteiger partial charge in [0.2, 0.25) is 0 Å². The van der Waals surface area contributed by atoms with Crippen LogP contribution in [0.2, 0.25) is 0 Å². The predicted molar refractivity (Wildman–Crippen MR) is 126 cm³/mol. The van der Waals surface area contributed by atoms with Crippen LogP contribution in [0.4, 0.5) is 5.69 Å². The second kappa shape index (κ2) is 7.43. The van der Waals surface area contributed by atoms with E-state index in [-0.39, 0.29) is 11.5 Å². The normalized spacial score (nSPS) is 22.5. The number of nitrogens with zero attached hydrogens (tertiary/aromatic N) is 2. The Hall–Kier alpha value is -2.77. The molecule has 31 heavy (non-hydrogen) atoms. The van der Waals surface area contributed by atoms with E-state index in [9.17, 15) is 10.4 Å². The van der Waals surface area contributed by atoms with Crippen molar-refractivity contribution in [2.75, 3.05) is 11.9 Å². The Morgan fingerprint density at radius 3 is 2.65 bits per heavy atom. The SMILES string of the molecule is Cc1cc2c(cc1C#N)c(-c1cccc3c1CC(C)(C)CN3)cn2[C@H]1CC[C@H](O)CC1. The molecular formula is C27H31N3O. The van der Waals surface area contributed by atoms with Crippen LogP contribution in [-0.4, -0.2) is 22.3 Å². The van der Waals surface area contributed by atoms with Crippen LogP contribution in [0.1, 0.15) is 62.3 Å². The molecule has 160 valence electrons. The Bertz CT molecular complexity index is 1190. The van der Waals surface area contributed by atoms with Gasteiger partial charge in [0.15, 0.2) is 0 Å². The van der Waals surface area contributed by atoms with Gasteiger partial charge in [-0.2, -0.15) is 5.26 Å². The maximum absolute atomic E-state index is 10.0. The molecule has 0 atom stereocenters. The molecule has 0 amide bonds. The predicted octanol–water partition coefficient (Wildman–Crippen LogP) is 5.96. The van der Waals surface area contributed by atoms with Gasteiger partial charge in [-0.15, -0.1) is 0 Å². The topological polar surface area (TPSA) is 61.0 Å². The smallest absolute Gasteiger partial charge is 0.0994 e. The third kappa shape index (κ3) is 3.51. The molecular weight excluding hydrogens is 382 g/mol. The first kappa shape index (κ1) is 20.2. The summed E-state index contributed by atoms with van der Waals surface area (Å²) in [6.07, 6.45) is 6.87. The van der Waals surface area contributed by atoms with Gasteiger partial charge in [-0.25, -0.2) is 0 Å². The lowest BCUT2D eigenvalue weighted by atomic mass is 9.79. The number of benzene rings is 2. The number of hydrogen-bond donors (Lipinski definition) is 2. The van der Waals surface area contributed by atoms with Crippen molar-refractivity contribution in [1.29, 1.82) is 5.26 Å². The molecule has 1 fully saturated rings. The molecule has 5 rings (SSSR count). The molecule has 2 heterocycles. The Morgan fingerprint density at radius 2 is 1.90 bits per heavy atom. The zero-order valence-corrected chi connectivity index (χ0v) is 18.7. The lowest BCUT2D eigenvalue weighted by Crippen LogP contribution is -2.30. The summed E-state index contributed by atoms with van der Waals surface area (Å²) >= 11 is 0. The third-order valence-electron chi connectivity index (χ3n) is 7.24. The molecule has 1 aliphatic heterocycles. The number of anilines is 1. The van der Waals surface area contributed by atoms with Gasteiger partial charge in [0.25, 0.3) is 0 Å². The Balaban J connectivity index is 1.72. The van der Waals surface area contributed by atoms with Crippen molar-refractivity contribution in [2.45, 2.75) is 65.0 Å². The van der Waals surface area contributed by atoms with Crippen LogP contribution in [-0.2, 0) is 6.42 Å². The number of aromatic nitrogens is 1. The molecule has 1 saturated carbocycles. The number of aliphatic hydroxyl groups is 1. The van der Waals surface area contributed by atoms with Gasteiger partial charge in [-0.05, 0) is 79.3 Å². The van der Waals surface area contributed by atoms with Gasteiger partial charge in [-0.1, -0.05) is 26.0 Å². The largest absolute Gasteiger partial charge is 0.393 e. The van der Waals surface area contributed by atoms with Crippen molar-refractivity contribution < 1.29 is 5.11 Å². The highest BCUT2D eigenvalue weighted by Crippen LogP contribution is 2.43. The fourth-order valence-electron chi connectivity index (χ4n) is 5.44. The molecule has 3 aromatic rings. The summed E-state index contributed by atoms with van der Waals surface area (Å²) in [5.41, 5.74) is 8.26. The molecule has 0 saturated heterocycles. The quantitative estimate of drug-likeness (QED) is 0.545. The van der Waals surface area contributed by atoms with Crippen molar-refractivity contribution in [3.8, 4) is 17.2 Å². The molecule has 0 unspecified atom stereocenters. The van der Waals surface area contributed by atoms with E-state index in [1.54, 1.807) is 0 Å². The van der Waals surface area contributed by atoms with E-state index in [1.807, 2.05) is 6.92 Å². The molecule has 4 nitrogen and oxygen atoms in total. The van der Waals surface area contributed by atoms with Gasteiger partial charge in [0.05, 0.1) is 17.7 Å². The third-order valence-corrected chi connectivity index (χ3v) is 7.24. The first-order chi connectivity index (χ1) is 14.9. The average molecular weight is 414 g/mol. The fraction of sp³-hybridized carbons (Fsp3) is 0.444. The summed E-state index contributed by atoms with van der Waals surface area (Å²) in [5.74, 6) is 0. The van der Waals surface area contributed by atoms with E-state index < -0.39 is 0 Å². The van der Waals surface area contributed by atoms with Crippen LogP contribution in [0, 0.1) is 23.7 Å². The Labute approximate surface area is 184 Å². The summed E-state index contributed by atoms with van der Waals surface area (Å²) in [6.45, 7) is 7.63. The number of hydrogen-bond acceptors (Lipinski definition) is 3. The Morgan fingerprint density at radius 1 is 1.13 bits per heavy atom. The summed E-state index contributed by atoms with van der Waals surface area (Å²) in [5, 5.41) is 24.5. The number of aliphatic hydroxyl groups excluding tert-OH is 1. The highest BCUT2D eigenvalue weighted by molar-refractivity contribution is 5.99. The molecule has 4 heteroatoms. The van der Waals surface area contributed by atoms with Crippen LogP contribution >= 0.6 is 0 Å². The van der Waals surface area contributed by atoms with E-state index in [2.05, 4.69) is 66.3 Å². The van der Waals surface area contributed by atoms with E-state index in [0.29, 0.717) is 6.04 Å². The number of rotatable bonds is 2. The molecule has 0 spiro atoms. The second-order valence-electron chi connectivity index (χ2n) is 10.2. The zero-order valence-electron chi connectivity index (χ0n) is 18.7. The molecule has 1 aliphatic carbocycles. The summed E-state index contributed by atoms with van der Waals surface area (Å²) in [4.78, 5) is 0. The Kier molecular flexibility index (Phi) is 4.83. The van der Waals surface area contributed by atoms with Gasteiger partial charge in [0.1, 0.15) is 0 Å². The molecule has 2 N–H and O–H groups in total. The van der Waals surface area contributed by atoms with Crippen LogP contribution < -0.4 is 5.32 Å². The minimum atomic E-state index is -0.168. The highest BCUT2D eigenvalue weighted by atomic mass is 16.3. The van der Waals surface area contributed by atoms with Crippen molar-refractivity contribution >= 4 is 16.6 Å². The lowest BCUT2D eigenvalue weighted by Gasteiger charge is -2.33. The number of nitriles is 1. The van der Waals surface area contributed by atoms with Crippen LogP contribution in [0.15, 0.2) is 36.5 Å². The minimum Gasteiger partial charge on any atom is -0.393 e. The highest BCUT2D eigenvalue weighted by Gasteiger charge is 2.29. The maximum Gasteiger partial charge on any atom is 0.0994 e. The van der Waals surface area contributed by atoms with E-state index >= 15 is 0 Å². The monoisotopic (exact) mass is 413 g/mol. The average Bonchev–Trinajstić information content (AvgIpc) is 3.10. The van der Waals surface area contributed by atoms with Gasteiger partial charge >= 0.3 is 0 Å². The van der Waals surface area contributed by atoms with E-state index in [4.69, 9.17) is 0 Å². The van der Waals surface area contributed by atoms with Gasteiger partial charge in [-0.3, -0.25) is 0 Å². The molecule has 0 bridgehead atoms. The molecule has 2 aliphatic rings. The zero-order chi connectivity index (χ0) is 21.8. The van der Waals surface area contributed by atoms with Crippen molar-refractivity contribution in [3.63, 3.8) is 0 Å².